The molecule has 0 bridgehead atoms. The van der Waals surface area contributed by atoms with E-state index >= 15 is 0 Å². The van der Waals surface area contributed by atoms with Crippen LogP contribution in [0.15, 0.2) is 35.1 Å². The highest BCUT2D eigenvalue weighted by Gasteiger charge is 2.25. The van der Waals surface area contributed by atoms with E-state index in [0.29, 0.717) is 36.8 Å². The second-order valence-electron chi connectivity index (χ2n) is 7.26. The monoisotopic (exact) mass is 331 g/mol. The molecule has 0 aromatic heterocycles. The number of hydrogen-bond acceptors (Lipinski definition) is 4. The molecule has 0 saturated heterocycles. The molecule has 0 aromatic carbocycles. The van der Waals surface area contributed by atoms with Gasteiger partial charge >= 0.3 is 5.97 Å². The van der Waals surface area contributed by atoms with Gasteiger partial charge in [-0.25, -0.2) is 4.79 Å². The average molecular weight is 331 g/mol. The van der Waals surface area contributed by atoms with Crippen LogP contribution < -0.4 is 5.32 Å². The molecule has 4 nitrogen and oxygen atoms in total. The Kier molecular flexibility index (Phi) is 5.90. The van der Waals surface area contributed by atoms with Crippen molar-refractivity contribution in [3.63, 3.8) is 0 Å². The number of aliphatic hydroxyl groups is 1. The first kappa shape index (κ1) is 17.4. The Morgan fingerprint density at radius 3 is 2.50 bits per heavy atom. The zero-order chi connectivity index (χ0) is 16.9. The zero-order valence-electron chi connectivity index (χ0n) is 14.6. The number of carbonyl (C=O) groups excluding carboxylic acids is 1. The van der Waals surface area contributed by atoms with Gasteiger partial charge in [0.05, 0.1) is 6.10 Å². The number of allylic oxidation sites excluding steroid dienone is 4. The molecule has 0 radical (unpaired) electrons. The van der Waals surface area contributed by atoms with Gasteiger partial charge in [-0.05, 0) is 70.4 Å². The zero-order valence-corrected chi connectivity index (χ0v) is 14.6. The van der Waals surface area contributed by atoms with E-state index in [0.717, 1.165) is 18.6 Å². The average Bonchev–Trinajstić information content (AvgIpc) is 2.63. The highest BCUT2D eigenvalue weighted by Crippen LogP contribution is 2.35. The Hall–Kier alpha value is -1.39. The highest BCUT2D eigenvalue weighted by molar-refractivity contribution is 5.89. The molecule has 1 atom stereocenters. The van der Waals surface area contributed by atoms with Gasteiger partial charge in [0.25, 0.3) is 0 Å². The van der Waals surface area contributed by atoms with Crippen LogP contribution in [0.2, 0.25) is 0 Å². The summed E-state index contributed by atoms with van der Waals surface area (Å²) in [6.07, 6.45) is 14.4. The second-order valence-corrected chi connectivity index (χ2v) is 7.26. The lowest BCUT2D eigenvalue weighted by molar-refractivity contribution is -0.135. The minimum absolute atomic E-state index is 0.237. The Bertz CT molecular complexity index is 553. The molecule has 0 heterocycles. The quantitative estimate of drug-likeness (QED) is 0.775. The minimum atomic E-state index is -0.307. The molecule has 0 aromatic rings. The first-order chi connectivity index (χ1) is 11.7. The van der Waals surface area contributed by atoms with Crippen molar-refractivity contribution in [2.24, 2.45) is 5.92 Å². The van der Waals surface area contributed by atoms with Gasteiger partial charge < -0.3 is 15.2 Å². The number of esters is 1. The van der Waals surface area contributed by atoms with Gasteiger partial charge in [0.2, 0.25) is 0 Å². The Balaban J connectivity index is 1.53. The smallest absolute Gasteiger partial charge is 0.338 e. The molecule has 0 spiro atoms. The van der Waals surface area contributed by atoms with Gasteiger partial charge in [-0.1, -0.05) is 17.7 Å². The fourth-order valence-electron chi connectivity index (χ4n) is 4.00. The molecule has 24 heavy (non-hydrogen) atoms. The minimum Gasteiger partial charge on any atom is -0.428 e. The van der Waals surface area contributed by atoms with Gasteiger partial charge in [-0.2, -0.15) is 0 Å². The molecule has 0 amide bonds. The van der Waals surface area contributed by atoms with Crippen LogP contribution in [0.25, 0.3) is 0 Å². The van der Waals surface area contributed by atoms with Crippen molar-refractivity contribution in [1.29, 1.82) is 0 Å². The summed E-state index contributed by atoms with van der Waals surface area (Å²) in [5.41, 5.74) is 2.23. The summed E-state index contributed by atoms with van der Waals surface area (Å²) in [5.74, 6) is 1.24. The second kappa shape index (κ2) is 8.13. The summed E-state index contributed by atoms with van der Waals surface area (Å²) in [6.45, 7) is 0. The van der Waals surface area contributed by atoms with Crippen LogP contribution in [0, 0.1) is 5.92 Å². The van der Waals surface area contributed by atoms with E-state index in [9.17, 15) is 9.90 Å². The van der Waals surface area contributed by atoms with Gasteiger partial charge in [-0.15, -0.1) is 0 Å². The molecule has 3 rings (SSSR count). The van der Waals surface area contributed by atoms with Crippen LogP contribution in [-0.2, 0) is 9.53 Å². The van der Waals surface area contributed by atoms with Gasteiger partial charge in [0, 0.05) is 18.0 Å². The van der Waals surface area contributed by atoms with E-state index in [1.807, 2.05) is 12.2 Å². The van der Waals surface area contributed by atoms with E-state index in [1.54, 1.807) is 0 Å². The van der Waals surface area contributed by atoms with Crippen molar-refractivity contribution in [3.05, 3.63) is 35.1 Å². The Morgan fingerprint density at radius 2 is 1.92 bits per heavy atom. The Labute approximate surface area is 144 Å². The van der Waals surface area contributed by atoms with E-state index in [-0.39, 0.29) is 12.1 Å². The standard InChI is InChI=1S/C20H29NO3/c1-21-17-8-2-14(3-9-17)15-6-12-19(13-7-15)24-20(23)16-4-10-18(22)11-5-16/h4,6,12,14,17-18,21-22H,2-3,5,7-11,13H2,1H3. The SMILES string of the molecule is CNC1CCC(C2=CC=C(OC(=O)C3=CCC(O)CC3)CC2)CC1. The largest absolute Gasteiger partial charge is 0.428 e. The maximum atomic E-state index is 12.2. The normalized spacial score (nSPS) is 30.9. The van der Waals surface area contributed by atoms with E-state index in [4.69, 9.17) is 4.74 Å². The van der Waals surface area contributed by atoms with Crippen molar-refractivity contribution in [2.45, 2.75) is 69.9 Å². The molecule has 3 aliphatic rings. The third-order valence-electron chi connectivity index (χ3n) is 5.67. The third kappa shape index (κ3) is 4.37. The molecular weight excluding hydrogens is 302 g/mol. The maximum absolute atomic E-state index is 12.2. The molecule has 3 aliphatic carbocycles. The summed E-state index contributed by atoms with van der Waals surface area (Å²) in [6, 6.07) is 0.680. The predicted octanol–water partition coefficient (Wildman–Crippen LogP) is 3.38. The summed E-state index contributed by atoms with van der Waals surface area (Å²) in [4.78, 5) is 12.2. The number of aliphatic hydroxyl groups excluding tert-OH is 1. The van der Waals surface area contributed by atoms with Crippen molar-refractivity contribution < 1.29 is 14.6 Å². The topological polar surface area (TPSA) is 58.6 Å². The maximum Gasteiger partial charge on any atom is 0.338 e. The lowest BCUT2D eigenvalue weighted by atomic mass is 9.79. The van der Waals surface area contributed by atoms with Gasteiger partial charge in [0.15, 0.2) is 0 Å². The van der Waals surface area contributed by atoms with Crippen molar-refractivity contribution >= 4 is 5.97 Å². The lowest BCUT2D eigenvalue weighted by Gasteiger charge is -2.31. The Morgan fingerprint density at radius 1 is 1.12 bits per heavy atom. The number of ether oxygens (including phenoxy) is 1. The van der Waals surface area contributed by atoms with Crippen LogP contribution in [0.3, 0.4) is 0 Å². The first-order valence-electron chi connectivity index (χ1n) is 9.32. The fraction of sp³-hybridized carbons (Fsp3) is 0.650. The molecule has 1 fully saturated rings. The third-order valence-corrected chi connectivity index (χ3v) is 5.67. The molecule has 1 saturated carbocycles. The van der Waals surface area contributed by atoms with Crippen LogP contribution >= 0.6 is 0 Å². The van der Waals surface area contributed by atoms with E-state index < -0.39 is 0 Å². The summed E-state index contributed by atoms with van der Waals surface area (Å²) in [7, 11) is 2.05. The van der Waals surface area contributed by atoms with E-state index in [1.165, 1.54) is 31.3 Å². The molecule has 0 aliphatic heterocycles. The number of carbonyl (C=O) groups is 1. The number of nitrogens with one attached hydrogen (secondary N) is 1. The van der Waals surface area contributed by atoms with Gasteiger partial charge in [-0.3, -0.25) is 0 Å². The first-order valence-corrected chi connectivity index (χ1v) is 9.32. The van der Waals surface area contributed by atoms with Crippen molar-refractivity contribution in [3.8, 4) is 0 Å². The fourth-order valence-corrected chi connectivity index (χ4v) is 4.00. The number of rotatable bonds is 4. The molecule has 1 unspecified atom stereocenters. The predicted molar refractivity (Wildman–Crippen MR) is 94.2 cm³/mol. The van der Waals surface area contributed by atoms with Crippen LogP contribution in [0.1, 0.15) is 57.8 Å². The molecule has 4 heteroatoms. The van der Waals surface area contributed by atoms with E-state index in [2.05, 4.69) is 18.4 Å². The molecular formula is C20H29NO3. The number of hydrogen-bond donors (Lipinski definition) is 2. The summed E-state index contributed by atoms with van der Waals surface area (Å²) in [5, 5.41) is 12.9. The van der Waals surface area contributed by atoms with Crippen LogP contribution in [0.4, 0.5) is 0 Å². The summed E-state index contributed by atoms with van der Waals surface area (Å²) < 4.78 is 5.55. The van der Waals surface area contributed by atoms with Crippen molar-refractivity contribution in [2.75, 3.05) is 7.05 Å². The van der Waals surface area contributed by atoms with Crippen molar-refractivity contribution in [1.82, 2.24) is 5.32 Å². The molecule has 132 valence electrons. The molecule has 2 N–H and O–H groups in total. The van der Waals surface area contributed by atoms with Crippen LogP contribution in [-0.4, -0.2) is 30.3 Å². The van der Waals surface area contributed by atoms with Crippen LogP contribution in [0.5, 0.6) is 0 Å². The van der Waals surface area contributed by atoms with Gasteiger partial charge in [0.1, 0.15) is 5.76 Å². The lowest BCUT2D eigenvalue weighted by Crippen LogP contribution is -2.30. The highest BCUT2D eigenvalue weighted by atomic mass is 16.5. The summed E-state index contributed by atoms with van der Waals surface area (Å²) >= 11 is 0.